The Kier molecular flexibility index (Phi) is 3.13. The average Bonchev–Trinajstić information content (AvgIpc) is 2.80. The predicted molar refractivity (Wildman–Crippen MR) is 78.1 cm³/mol. The lowest BCUT2D eigenvalue weighted by Gasteiger charge is -2.11. The first-order chi connectivity index (χ1) is 8.88. The SMILES string of the molecule is NCC1=CN=C(C2=CC=CCC2)c2sccc2N1. The van der Waals surface area contributed by atoms with Crippen LogP contribution in [0.1, 0.15) is 17.7 Å². The van der Waals surface area contributed by atoms with Crippen molar-refractivity contribution >= 4 is 22.7 Å². The Morgan fingerprint density at radius 3 is 3.17 bits per heavy atom. The quantitative estimate of drug-likeness (QED) is 0.855. The molecule has 1 aliphatic carbocycles. The highest BCUT2D eigenvalue weighted by Gasteiger charge is 2.18. The zero-order valence-corrected chi connectivity index (χ0v) is 10.8. The van der Waals surface area contributed by atoms with Gasteiger partial charge in [0.15, 0.2) is 0 Å². The van der Waals surface area contributed by atoms with E-state index < -0.39 is 0 Å². The molecule has 0 radical (unpaired) electrons. The standard InChI is InChI=1S/C14H15N3S/c15-8-11-9-16-13(10-4-2-1-3-5-10)14-12(17-11)6-7-18-14/h1-2,4,6-7,9,17H,3,5,8,15H2. The number of nitrogens with two attached hydrogens (primary N) is 1. The van der Waals surface area contributed by atoms with E-state index in [0.717, 1.165) is 29.9 Å². The average molecular weight is 257 g/mol. The number of hydrogen-bond acceptors (Lipinski definition) is 4. The molecular formula is C14H15N3S. The minimum absolute atomic E-state index is 0.477. The molecule has 18 heavy (non-hydrogen) atoms. The van der Waals surface area contributed by atoms with Crippen molar-refractivity contribution in [3.8, 4) is 0 Å². The van der Waals surface area contributed by atoms with Gasteiger partial charge in [-0.1, -0.05) is 18.2 Å². The van der Waals surface area contributed by atoms with Gasteiger partial charge in [-0.15, -0.1) is 11.3 Å². The summed E-state index contributed by atoms with van der Waals surface area (Å²) in [4.78, 5) is 5.84. The van der Waals surface area contributed by atoms with Crippen LogP contribution in [0.15, 0.2) is 52.1 Å². The van der Waals surface area contributed by atoms with Gasteiger partial charge in [-0.3, -0.25) is 4.99 Å². The fourth-order valence-corrected chi connectivity index (χ4v) is 3.01. The summed E-state index contributed by atoms with van der Waals surface area (Å²) in [7, 11) is 0. The van der Waals surface area contributed by atoms with E-state index in [1.54, 1.807) is 11.3 Å². The van der Waals surface area contributed by atoms with Crippen LogP contribution in [0.2, 0.25) is 0 Å². The Labute approximate surface area is 110 Å². The molecule has 92 valence electrons. The van der Waals surface area contributed by atoms with Gasteiger partial charge in [0.1, 0.15) is 0 Å². The number of allylic oxidation sites excluding steroid dienone is 4. The first-order valence-electron chi connectivity index (χ1n) is 6.06. The summed E-state index contributed by atoms with van der Waals surface area (Å²) in [6, 6.07) is 2.09. The topological polar surface area (TPSA) is 50.4 Å². The van der Waals surface area contributed by atoms with Gasteiger partial charge in [0.05, 0.1) is 16.3 Å². The normalized spacial score (nSPS) is 18.2. The summed E-state index contributed by atoms with van der Waals surface area (Å²) in [5.74, 6) is 0. The maximum Gasteiger partial charge on any atom is 0.0855 e. The van der Waals surface area contributed by atoms with Crippen LogP contribution in [0.25, 0.3) is 0 Å². The fourth-order valence-electron chi connectivity index (χ4n) is 2.13. The van der Waals surface area contributed by atoms with Crippen molar-refractivity contribution < 1.29 is 0 Å². The number of fused-ring (bicyclic) bond motifs is 1. The molecule has 0 amide bonds. The highest BCUT2D eigenvalue weighted by atomic mass is 32.1. The molecule has 0 atom stereocenters. The van der Waals surface area contributed by atoms with Gasteiger partial charge in [0.2, 0.25) is 0 Å². The zero-order chi connectivity index (χ0) is 12.4. The molecule has 0 aromatic carbocycles. The predicted octanol–water partition coefficient (Wildman–Crippen LogP) is 3.04. The van der Waals surface area contributed by atoms with Gasteiger partial charge >= 0.3 is 0 Å². The van der Waals surface area contributed by atoms with E-state index in [4.69, 9.17) is 5.73 Å². The summed E-state index contributed by atoms with van der Waals surface area (Å²) in [6.07, 6.45) is 10.5. The van der Waals surface area contributed by atoms with Crippen LogP contribution in [0.5, 0.6) is 0 Å². The molecule has 0 unspecified atom stereocenters. The molecule has 1 aliphatic heterocycles. The van der Waals surface area contributed by atoms with E-state index in [9.17, 15) is 0 Å². The van der Waals surface area contributed by atoms with Gasteiger partial charge < -0.3 is 11.1 Å². The Bertz CT molecular complexity index is 576. The molecule has 4 heteroatoms. The Morgan fingerprint density at radius 2 is 2.39 bits per heavy atom. The molecule has 1 aromatic rings. The number of thiophene rings is 1. The molecule has 3 N–H and O–H groups in total. The zero-order valence-electron chi connectivity index (χ0n) is 10.0. The lowest BCUT2D eigenvalue weighted by Crippen LogP contribution is -2.10. The summed E-state index contributed by atoms with van der Waals surface area (Å²) in [5, 5.41) is 5.43. The molecule has 3 rings (SSSR count). The Balaban J connectivity index is 2.07. The molecule has 0 fully saturated rings. The van der Waals surface area contributed by atoms with Gasteiger partial charge in [-0.2, -0.15) is 0 Å². The molecule has 0 spiro atoms. The number of nitrogens with one attached hydrogen (secondary N) is 1. The van der Waals surface area contributed by atoms with Crippen LogP contribution < -0.4 is 11.1 Å². The number of nitrogens with zero attached hydrogens (tertiary/aromatic N) is 1. The molecule has 0 saturated heterocycles. The van der Waals surface area contributed by atoms with Crippen LogP contribution in [0.4, 0.5) is 5.69 Å². The Morgan fingerprint density at radius 1 is 1.44 bits per heavy atom. The summed E-state index contributed by atoms with van der Waals surface area (Å²) < 4.78 is 0. The summed E-state index contributed by atoms with van der Waals surface area (Å²) in [6.45, 7) is 0.477. The van der Waals surface area contributed by atoms with Crippen molar-refractivity contribution in [2.75, 3.05) is 11.9 Å². The molecule has 2 heterocycles. The van der Waals surface area contributed by atoms with Gasteiger partial charge in [-0.05, 0) is 29.9 Å². The van der Waals surface area contributed by atoms with Crippen molar-refractivity contribution in [3.63, 3.8) is 0 Å². The van der Waals surface area contributed by atoms with E-state index in [0.29, 0.717) is 6.54 Å². The fraction of sp³-hybridized carbons (Fsp3) is 0.214. The van der Waals surface area contributed by atoms with Crippen molar-refractivity contribution in [1.82, 2.24) is 0 Å². The minimum Gasteiger partial charge on any atom is -0.355 e. The molecule has 3 nitrogen and oxygen atoms in total. The lowest BCUT2D eigenvalue weighted by molar-refractivity contribution is 1.00. The van der Waals surface area contributed by atoms with E-state index >= 15 is 0 Å². The highest BCUT2D eigenvalue weighted by molar-refractivity contribution is 7.13. The summed E-state index contributed by atoms with van der Waals surface area (Å²) in [5.41, 5.74) is 10.2. The van der Waals surface area contributed by atoms with Crippen LogP contribution >= 0.6 is 11.3 Å². The van der Waals surface area contributed by atoms with Gasteiger partial charge in [0, 0.05) is 18.4 Å². The second-order valence-corrected chi connectivity index (χ2v) is 5.20. The third-order valence-corrected chi connectivity index (χ3v) is 3.98. The van der Waals surface area contributed by atoms with E-state index in [1.807, 2.05) is 6.20 Å². The first-order valence-corrected chi connectivity index (χ1v) is 6.94. The molecule has 2 aliphatic rings. The smallest absolute Gasteiger partial charge is 0.0855 e. The number of aliphatic imine (C=N–C) groups is 1. The maximum absolute atomic E-state index is 5.70. The molecule has 0 bridgehead atoms. The van der Waals surface area contributed by atoms with Crippen LogP contribution in [0, 0.1) is 0 Å². The third-order valence-electron chi connectivity index (χ3n) is 3.06. The van der Waals surface area contributed by atoms with Crippen molar-refractivity contribution in [2.45, 2.75) is 12.8 Å². The van der Waals surface area contributed by atoms with Gasteiger partial charge in [-0.25, -0.2) is 0 Å². The molecule has 1 aromatic heterocycles. The first kappa shape index (κ1) is 11.4. The number of anilines is 1. The third kappa shape index (κ3) is 2.05. The minimum atomic E-state index is 0.477. The molecular weight excluding hydrogens is 242 g/mol. The van der Waals surface area contributed by atoms with Crippen LogP contribution in [-0.2, 0) is 0 Å². The maximum atomic E-state index is 5.70. The lowest BCUT2D eigenvalue weighted by atomic mass is 9.99. The van der Waals surface area contributed by atoms with Crippen molar-refractivity contribution in [2.24, 2.45) is 10.7 Å². The second kappa shape index (κ2) is 4.92. The van der Waals surface area contributed by atoms with E-state index in [2.05, 4.69) is 40.0 Å². The van der Waals surface area contributed by atoms with Crippen molar-refractivity contribution in [1.29, 1.82) is 0 Å². The van der Waals surface area contributed by atoms with E-state index in [1.165, 1.54) is 10.5 Å². The van der Waals surface area contributed by atoms with Gasteiger partial charge in [0.25, 0.3) is 0 Å². The highest BCUT2D eigenvalue weighted by Crippen LogP contribution is 2.31. The number of rotatable bonds is 2. The number of hydrogen-bond donors (Lipinski definition) is 2. The second-order valence-electron chi connectivity index (χ2n) is 4.28. The van der Waals surface area contributed by atoms with Crippen LogP contribution in [0.3, 0.4) is 0 Å². The van der Waals surface area contributed by atoms with E-state index in [-0.39, 0.29) is 0 Å². The van der Waals surface area contributed by atoms with Crippen molar-refractivity contribution in [3.05, 3.63) is 52.0 Å². The summed E-state index contributed by atoms with van der Waals surface area (Å²) >= 11 is 1.72. The Hall–Kier alpha value is -1.65. The molecule has 0 saturated carbocycles. The van der Waals surface area contributed by atoms with Crippen LogP contribution in [-0.4, -0.2) is 12.3 Å². The largest absolute Gasteiger partial charge is 0.355 e. The monoisotopic (exact) mass is 257 g/mol.